The van der Waals surface area contributed by atoms with Crippen LogP contribution in [0.3, 0.4) is 0 Å². The first kappa shape index (κ1) is 9.84. The molecule has 0 rings (SSSR count). The van der Waals surface area contributed by atoms with Crippen LogP contribution < -0.4 is 21.3 Å². The molecule has 0 amide bonds. The Balaban J connectivity index is 2.65. The van der Waals surface area contributed by atoms with Crippen LogP contribution in [0.1, 0.15) is 0 Å². The first-order valence-corrected chi connectivity index (χ1v) is 3.62. The zero-order valence-corrected chi connectivity index (χ0v) is 6.83. The molecule has 0 saturated carbocycles. The number of rotatable bonds is 7. The smallest absolute Gasteiger partial charge is 0.0452 e. The van der Waals surface area contributed by atoms with Crippen molar-refractivity contribution in [2.45, 2.75) is 0 Å². The molecule has 10 heavy (non-hydrogen) atoms. The Bertz CT molecular complexity index is 49.7. The molecule has 0 aromatic heterocycles. The molecule has 0 fully saturated rings. The molecule has 4 N–H and O–H groups in total. The first-order valence-electron chi connectivity index (χ1n) is 3.62. The molecule has 0 bridgehead atoms. The van der Waals surface area contributed by atoms with Crippen molar-refractivity contribution in [3.63, 3.8) is 0 Å². The predicted octanol–water partition coefficient (Wildman–Crippen LogP) is -1.48. The second kappa shape index (κ2) is 8.84. The zero-order chi connectivity index (χ0) is 7.66. The molecule has 0 aliphatic carbocycles. The Labute approximate surface area is 62.8 Å². The van der Waals surface area contributed by atoms with Crippen LogP contribution in [-0.2, 0) is 0 Å². The fraction of sp³-hybridized carbons (Fsp3) is 1.00. The second-order valence-corrected chi connectivity index (χ2v) is 2.06. The molecule has 0 radical (unpaired) electrons. The average molecular weight is 146 g/mol. The molecule has 0 heterocycles. The van der Waals surface area contributed by atoms with Crippen molar-refractivity contribution in [1.82, 2.24) is 21.3 Å². The second-order valence-electron chi connectivity index (χ2n) is 2.06. The van der Waals surface area contributed by atoms with E-state index < -0.39 is 0 Å². The lowest BCUT2D eigenvalue weighted by molar-refractivity contribution is 0.569. The van der Waals surface area contributed by atoms with Gasteiger partial charge in [-0.05, 0) is 14.1 Å². The van der Waals surface area contributed by atoms with Gasteiger partial charge in [0.25, 0.3) is 0 Å². The molecular formula is C6H18N4. The number of nitrogens with one attached hydrogen (secondary N) is 4. The molecule has 0 atom stereocenters. The van der Waals surface area contributed by atoms with Crippen LogP contribution in [0, 0.1) is 0 Å². The maximum atomic E-state index is 3.19. The van der Waals surface area contributed by atoms with Crippen molar-refractivity contribution < 1.29 is 0 Å². The van der Waals surface area contributed by atoms with Crippen molar-refractivity contribution in [3.05, 3.63) is 0 Å². The lowest BCUT2D eigenvalue weighted by Gasteiger charge is -2.04. The lowest BCUT2D eigenvalue weighted by atomic mass is 10.6. The van der Waals surface area contributed by atoms with E-state index in [1.165, 1.54) is 0 Å². The molecule has 0 saturated heterocycles. The van der Waals surface area contributed by atoms with Crippen molar-refractivity contribution in [3.8, 4) is 0 Å². The molecule has 62 valence electrons. The Morgan fingerprint density at radius 1 is 0.800 bits per heavy atom. The van der Waals surface area contributed by atoms with Crippen molar-refractivity contribution in [2.24, 2.45) is 0 Å². The van der Waals surface area contributed by atoms with Gasteiger partial charge in [0.2, 0.25) is 0 Å². The Morgan fingerprint density at radius 3 is 1.50 bits per heavy atom. The summed E-state index contributed by atoms with van der Waals surface area (Å²) in [4.78, 5) is 0. The summed E-state index contributed by atoms with van der Waals surface area (Å²) in [6, 6.07) is 0. The van der Waals surface area contributed by atoms with Crippen LogP contribution in [0.5, 0.6) is 0 Å². The van der Waals surface area contributed by atoms with Gasteiger partial charge >= 0.3 is 0 Å². The van der Waals surface area contributed by atoms with Crippen molar-refractivity contribution in [2.75, 3.05) is 40.5 Å². The summed E-state index contributed by atoms with van der Waals surface area (Å²) < 4.78 is 0. The molecule has 0 aromatic rings. The van der Waals surface area contributed by atoms with E-state index in [1.54, 1.807) is 0 Å². The predicted molar refractivity (Wildman–Crippen MR) is 43.9 cm³/mol. The van der Waals surface area contributed by atoms with Gasteiger partial charge in [-0.15, -0.1) is 0 Å². The Morgan fingerprint density at radius 2 is 1.20 bits per heavy atom. The van der Waals surface area contributed by atoms with E-state index in [0.717, 1.165) is 26.4 Å². The van der Waals surface area contributed by atoms with Gasteiger partial charge in [-0.3, -0.25) is 0 Å². The summed E-state index contributed by atoms with van der Waals surface area (Å²) in [5.41, 5.74) is 0. The molecule has 0 unspecified atom stereocenters. The van der Waals surface area contributed by atoms with E-state index in [9.17, 15) is 0 Å². The quantitative estimate of drug-likeness (QED) is 0.261. The Kier molecular flexibility index (Phi) is 8.70. The summed E-state index contributed by atoms with van der Waals surface area (Å²) in [5, 5.41) is 12.4. The minimum atomic E-state index is 0.876. The van der Waals surface area contributed by atoms with Crippen LogP contribution in [0.25, 0.3) is 0 Å². The average Bonchev–Trinajstić information content (AvgIpc) is 1.97. The molecule has 0 aliphatic heterocycles. The van der Waals surface area contributed by atoms with Gasteiger partial charge in [-0.2, -0.15) is 0 Å². The monoisotopic (exact) mass is 146 g/mol. The van der Waals surface area contributed by atoms with Gasteiger partial charge < -0.3 is 21.3 Å². The maximum Gasteiger partial charge on any atom is 0.0452 e. The highest BCUT2D eigenvalue weighted by Gasteiger charge is 1.82. The van der Waals surface area contributed by atoms with E-state index in [2.05, 4.69) is 21.3 Å². The zero-order valence-electron chi connectivity index (χ0n) is 6.83. The van der Waals surface area contributed by atoms with E-state index in [4.69, 9.17) is 0 Å². The minimum absolute atomic E-state index is 0.876. The van der Waals surface area contributed by atoms with Crippen LogP contribution >= 0.6 is 0 Å². The fourth-order valence-electron chi connectivity index (χ4n) is 0.604. The SMILES string of the molecule is CNCNCCNCNC. The van der Waals surface area contributed by atoms with Crippen LogP contribution in [-0.4, -0.2) is 40.5 Å². The summed E-state index contributed by atoms with van der Waals surface area (Å²) in [6.07, 6.45) is 0. The standard InChI is InChI=1S/C6H18N4/c1-7-5-9-3-4-10-6-8-2/h7-10H,3-6H2,1-2H3. The highest BCUT2D eigenvalue weighted by Crippen LogP contribution is 1.54. The summed E-state index contributed by atoms with van der Waals surface area (Å²) in [5.74, 6) is 0. The first-order chi connectivity index (χ1) is 4.91. The number of hydrogen-bond acceptors (Lipinski definition) is 4. The van der Waals surface area contributed by atoms with Crippen LogP contribution in [0.2, 0.25) is 0 Å². The largest absolute Gasteiger partial charge is 0.308 e. The lowest BCUT2D eigenvalue weighted by Crippen LogP contribution is -2.35. The van der Waals surface area contributed by atoms with Crippen LogP contribution in [0.15, 0.2) is 0 Å². The van der Waals surface area contributed by atoms with Gasteiger partial charge in [0.1, 0.15) is 0 Å². The molecule has 0 aliphatic rings. The molecule has 4 heteroatoms. The molecular weight excluding hydrogens is 128 g/mol. The van der Waals surface area contributed by atoms with E-state index in [1.807, 2.05) is 14.1 Å². The summed E-state index contributed by atoms with van der Waals surface area (Å²) in [6.45, 7) is 3.76. The summed E-state index contributed by atoms with van der Waals surface area (Å²) in [7, 11) is 3.85. The fourth-order valence-corrected chi connectivity index (χ4v) is 0.604. The van der Waals surface area contributed by atoms with Gasteiger partial charge in [0.05, 0.1) is 0 Å². The van der Waals surface area contributed by atoms with Crippen LogP contribution in [0.4, 0.5) is 0 Å². The normalized spacial score (nSPS) is 10.2. The van der Waals surface area contributed by atoms with Gasteiger partial charge in [0.15, 0.2) is 0 Å². The van der Waals surface area contributed by atoms with Gasteiger partial charge in [-0.1, -0.05) is 0 Å². The van der Waals surface area contributed by atoms with E-state index >= 15 is 0 Å². The number of hydrogen-bond donors (Lipinski definition) is 4. The van der Waals surface area contributed by atoms with E-state index in [-0.39, 0.29) is 0 Å². The molecule has 0 spiro atoms. The third kappa shape index (κ3) is 7.84. The minimum Gasteiger partial charge on any atom is -0.308 e. The van der Waals surface area contributed by atoms with Gasteiger partial charge in [0, 0.05) is 26.4 Å². The maximum absolute atomic E-state index is 3.19. The molecule has 0 aromatic carbocycles. The topological polar surface area (TPSA) is 48.1 Å². The van der Waals surface area contributed by atoms with Gasteiger partial charge in [-0.25, -0.2) is 0 Å². The van der Waals surface area contributed by atoms with Crippen molar-refractivity contribution >= 4 is 0 Å². The molecule has 4 nitrogen and oxygen atoms in total. The van der Waals surface area contributed by atoms with Crippen molar-refractivity contribution in [1.29, 1.82) is 0 Å². The third-order valence-corrected chi connectivity index (χ3v) is 1.08. The van der Waals surface area contributed by atoms with E-state index in [0.29, 0.717) is 0 Å². The Hall–Kier alpha value is -0.160. The summed E-state index contributed by atoms with van der Waals surface area (Å²) >= 11 is 0. The highest BCUT2D eigenvalue weighted by molar-refractivity contribution is 4.47. The third-order valence-electron chi connectivity index (χ3n) is 1.08. The highest BCUT2D eigenvalue weighted by atomic mass is 15.1.